The fourth-order valence-electron chi connectivity index (χ4n) is 5.43. The van der Waals surface area contributed by atoms with Crippen LogP contribution in [0.25, 0.3) is 11.6 Å². The first-order valence-electron chi connectivity index (χ1n) is 14.6. The Labute approximate surface area is 259 Å². The maximum Gasteiger partial charge on any atom is 0.267 e. The molecular formula is C30H34ClFN8O4. The van der Waals surface area contributed by atoms with Crippen molar-refractivity contribution in [3.05, 3.63) is 63.9 Å². The van der Waals surface area contributed by atoms with Crippen molar-refractivity contribution in [2.24, 2.45) is 0 Å². The van der Waals surface area contributed by atoms with Crippen LogP contribution in [0.1, 0.15) is 27.3 Å². The van der Waals surface area contributed by atoms with Crippen LogP contribution in [-0.2, 0) is 14.3 Å². The Hall–Kier alpha value is -3.88. The molecule has 12 nitrogen and oxygen atoms in total. The first kappa shape index (κ1) is 30.2. The molecule has 14 heteroatoms. The Morgan fingerprint density at radius 2 is 1.82 bits per heavy atom. The molecule has 1 aromatic carbocycles. The zero-order valence-electron chi connectivity index (χ0n) is 24.4. The number of H-pyrrole nitrogens is 1. The van der Waals surface area contributed by atoms with Crippen LogP contribution < -0.4 is 15.5 Å². The number of ether oxygens (including phenoxy) is 2. The Balaban J connectivity index is 1.29. The first-order chi connectivity index (χ1) is 21.4. The van der Waals surface area contributed by atoms with Crippen molar-refractivity contribution in [1.82, 2.24) is 30.1 Å². The number of hydrogen-bond acceptors (Lipinski definition) is 9. The van der Waals surface area contributed by atoms with Gasteiger partial charge in [-0.1, -0.05) is 11.6 Å². The standard InChI is InChI=1S/C30H34ClFN8O4/c1-19-14-25(29(41)33-4-5-38-6-10-43-11-7-38)37-24(19)16-21-26-27(36-20-2-3-23(32)22(31)15-20)34-17-35-28(26)40(30(21)42)18-39-8-12-44-13-9-39/h2-3,14-17,37H,4-13,18H2,1H3,(H,33,41)(H,34,35,36)/b21-16-. The highest BCUT2D eigenvalue weighted by Gasteiger charge is 2.38. The number of nitrogens with one attached hydrogen (secondary N) is 3. The van der Waals surface area contributed by atoms with Gasteiger partial charge in [0.15, 0.2) is 0 Å². The maximum atomic E-state index is 14.0. The first-order valence-corrected chi connectivity index (χ1v) is 14.9. The van der Waals surface area contributed by atoms with Crippen LogP contribution in [-0.4, -0.2) is 109 Å². The summed E-state index contributed by atoms with van der Waals surface area (Å²) >= 11 is 6.02. The molecule has 0 aliphatic carbocycles. The van der Waals surface area contributed by atoms with E-state index < -0.39 is 5.82 Å². The molecule has 2 fully saturated rings. The molecule has 0 saturated carbocycles. The molecule has 5 heterocycles. The van der Waals surface area contributed by atoms with Crippen molar-refractivity contribution in [2.45, 2.75) is 6.92 Å². The summed E-state index contributed by atoms with van der Waals surface area (Å²) in [6.07, 6.45) is 3.11. The van der Waals surface area contributed by atoms with E-state index in [1.807, 2.05) is 6.92 Å². The van der Waals surface area contributed by atoms with E-state index in [1.165, 1.54) is 18.5 Å². The Morgan fingerprint density at radius 3 is 2.55 bits per heavy atom. The van der Waals surface area contributed by atoms with Crippen molar-refractivity contribution in [3.8, 4) is 0 Å². The van der Waals surface area contributed by atoms with Crippen molar-refractivity contribution in [3.63, 3.8) is 0 Å². The van der Waals surface area contributed by atoms with E-state index in [4.69, 9.17) is 21.1 Å². The molecule has 0 atom stereocenters. The third kappa shape index (κ3) is 6.61. The molecule has 2 aromatic heterocycles. The van der Waals surface area contributed by atoms with Gasteiger partial charge >= 0.3 is 0 Å². The maximum absolute atomic E-state index is 14.0. The highest BCUT2D eigenvalue weighted by atomic mass is 35.5. The molecule has 0 radical (unpaired) electrons. The number of anilines is 3. The molecule has 3 aliphatic rings. The highest BCUT2D eigenvalue weighted by molar-refractivity contribution is 6.36. The lowest BCUT2D eigenvalue weighted by molar-refractivity contribution is -0.113. The normalized spacial score (nSPS) is 18.6. The molecule has 2 saturated heterocycles. The van der Waals surface area contributed by atoms with E-state index in [-0.39, 0.29) is 16.8 Å². The van der Waals surface area contributed by atoms with E-state index in [2.05, 4.69) is 35.4 Å². The number of carbonyl (C=O) groups excluding carboxylic acids is 2. The fraction of sp³-hybridized carbons (Fsp3) is 0.400. The molecular weight excluding hydrogens is 591 g/mol. The van der Waals surface area contributed by atoms with Gasteiger partial charge in [0.25, 0.3) is 11.8 Å². The summed E-state index contributed by atoms with van der Waals surface area (Å²) in [6.45, 7) is 9.08. The van der Waals surface area contributed by atoms with Crippen molar-refractivity contribution in [2.75, 3.05) is 82.6 Å². The minimum atomic E-state index is -0.541. The third-order valence-corrected chi connectivity index (χ3v) is 8.15. The van der Waals surface area contributed by atoms with E-state index in [1.54, 1.807) is 23.1 Å². The number of aromatic amines is 1. The lowest BCUT2D eigenvalue weighted by Gasteiger charge is -2.30. The van der Waals surface area contributed by atoms with E-state index in [9.17, 15) is 14.0 Å². The monoisotopic (exact) mass is 624 g/mol. The Kier molecular flexibility index (Phi) is 9.19. The summed E-state index contributed by atoms with van der Waals surface area (Å²) in [6, 6.07) is 6.02. The van der Waals surface area contributed by atoms with Gasteiger partial charge < -0.3 is 25.1 Å². The van der Waals surface area contributed by atoms with Gasteiger partial charge in [-0.15, -0.1) is 0 Å². The average molecular weight is 625 g/mol. The predicted molar refractivity (Wildman–Crippen MR) is 164 cm³/mol. The zero-order chi connectivity index (χ0) is 30.6. The largest absolute Gasteiger partial charge is 0.379 e. The van der Waals surface area contributed by atoms with Crippen molar-refractivity contribution >= 4 is 52.4 Å². The zero-order valence-corrected chi connectivity index (χ0v) is 25.1. The lowest BCUT2D eigenvalue weighted by atomic mass is 10.1. The summed E-state index contributed by atoms with van der Waals surface area (Å²) in [5.41, 5.74) is 3.17. The predicted octanol–water partition coefficient (Wildman–Crippen LogP) is 2.89. The van der Waals surface area contributed by atoms with Crippen LogP contribution in [0.2, 0.25) is 5.02 Å². The molecule has 44 heavy (non-hydrogen) atoms. The molecule has 0 spiro atoms. The topological polar surface area (TPSA) is 128 Å². The molecule has 0 bridgehead atoms. The number of hydrogen-bond donors (Lipinski definition) is 3. The summed E-state index contributed by atoms with van der Waals surface area (Å²) in [7, 11) is 0. The van der Waals surface area contributed by atoms with Gasteiger partial charge in [0, 0.05) is 50.6 Å². The number of halogens is 2. The van der Waals surface area contributed by atoms with Gasteiger partial charge in [0.2, 0.25) is 0 Å². The van der Waals surface area contributed by atoms with Gasteiger partial charge in [-0.2, -0.15) is 0 Å². The second kappa shape index (κ2) is 13.4. The minimum absolute atomic E-state index is 0.0424. The van der Waals surface area contributed by atoms with Gasteiger partial charge in [0.1, 0.15) is 29.5 Å². The number of aromatic nitrogens is 3. The SMILES string of the molecule is Cc1cc(C(=O)NCCN2CCOCC2)[nH]c1/C=C1\C(=O)N(CN2CCOCC2)c2ncnc(Nc3ccc(F)c(Cl)c3)c21. The fourth-order valence-corrected chi connectivity index (χ4v) is 5.61. The molecule has 3 aromatic rings. The third-order valence-electron chi connectivity index (χ3n) is 7.86. The van der Waals surface area contributed by atoms with Crippen molar-refractivity contribution in [1.29, 1.82) is 0 Å². The van der Waals surface area contributed by atoms with Crippen molar-refractivity contribution < 1.29 is 23.5 Å². The summed E-state index contributed by atoms with van der Waals surface area (Å²) < 4.78 is 24.7. The number of aryl methyl sites for hydroxylation is 1. The van der Waals surface area contributed by atoms with E-state index in [0.717, 1.165) is 25.2 Å². The van der Waals surface area contributed by atoms with Gasteiger partial charge in [-0.25, -0.2) is 14.4 Å². The van der Waals surface area contributed by atoms with Crippen LogP contribution in [0.3, 0.4) is 0 Å². The number of amides is 2. The van der Waals surface area contributed by atoms with E-state index in [0.29, 0.717) is 92.6 Å². The lowest BCUT2D eigenvalue weighted by Crippen LogP contribution is -2.45. The van der Waals surface area contributed by atoms with Crippen LogP contribution in [0.15, 0.2) is 30.6 Å². The Morgan fingerprint density at radius 1 is 1.09 bits per heavy atom. The number of nitrogens with zero attached hydrogens (tertiary/aromatic N) is 5. The van der Waals surface area contributed by atoms with Crippen LogP contribution in [0.5, 0.6) is 0 Å². The minimum Gasteiger partial charge on any atom is -0.379 e. The van der Waals surface area contributed by atoms with Gasteiger partial charge in [-0.3, -0.25) is 24.3 Å². The molecule has 2 amide bonds. The molecule has 3 aliphatic heterocycles. The van der Waals surface area contributed by atoms with Crippen LogP contribution in [0, 0.1) is 12.7 Å². The number of morpholine rings is 2. The van der Waals surface area contributed by atoms with Crippen LogP contribution in [0.4, 0.5) is 21.7 Å². The number of fused-ring (bicyclic) bond motifs is 1. The summed E-state index contributed by atoms with van der Waals surface area (Å²) in [5.74, 6) is -0.203. The summed E-state index contributed by atoms with van der Waals surface area (Å²) in [4.78, 5) is 45.1. The number of benzene rings is 1. The second-order valence-electron chi connectivity index (χ2n) is 10.8. The molecule has 6 rings (SSSR count). The highest BCUT2D eigenvalue weighted by Crippen LogP contribution is 2.41. The molecule has 0 unspecified atom stereocenters. The summed E-state index contributed by atoms with van der Waals surface area (Å²) in [5, 5.41) is 6.11. The van der Waals surface area contributed by atoms with E-state index >= 15 is 0 Å². The quantitative estimate of drug-likeness (QED) is 0.308. The molecule has 3 N–H and O–H groups in total. The average Bonchev–Trinajstić information content (AvgIpc) is 3.53. The van der Waals surface area contributed by atoms with Gasteiger partial charge in [-0.05, 0) is 42.8 Å². The van der Waals surface area contributed by atoms with Gasteiger partial charge in [0.05, 0.1) is 49.3 Å². The number of carbonyl (C=O) groups is 2. The Bertz CT molecular complexity index is 1570. The van der Waals surface area contributed by atoms with Crippen LogP contribution >= 0.6 is 11.6 Å². The second-order valence-corrected chi connectivity index (χ2v) is 11.2. The molecule has 232 valence electrons. The smallest absolute Gasteiger partial charge is 0.267 e. The number of rotatable bonds is 9.